The molecule has 12 heavy (non-hydrogen) atoms. The maximum atomic E-state index is 12.7. The highest BCUT2D eigenvalue weighted by molar-refractivity contribution is 6.13. The standard InChI is InChI=1S/C8H14ClF2N/c1-6(12-9)7-2-4-8(10,11)5-3-7/h6-7,12H,2-5H2,1H3/t6-/m0/s1. The van der Waals surface area contributed by atoms with Crippen molar-refractivity contribution < 1.29 is 8.78 Å². The molecule has 0 saturated heterocycles. The van der Waals surface area contributed by atoms with Gasteiger partial charge in [0.25, 0.3) is 0 Å². The molecule has 1 aliphatic carbocycles. The fraction of sp³-hybridized carbons (Fsp3) is 1.00. The fourth-order valence-electron chi connectivity index (χ4n) is 1.65. The van der Waals surface area contributed by atoms with Crippen LogP contribution in [0.25, 0.3) is 0 Å². The van der Waals surface area contributed by atoms with Crippen LogP contribution in [-0.2, 0) is 0 Å². The van der Waals surface area contributed by atoms with E-state index in [1.807, 2.05) is 6.92 Å². The van der Waals surface area contributed by atoms with E-state index in [-0.39, 0.29) is 18.9 Å². The van der Waals surface area contributed by atoms with E-state index >= 15 is 0 Å². The van der Waals surface area contributed by atoms with Gasteiger partial charge >= 0.3 is 0 Å². The van der Waals surface area contributed by atoms with E-state index in [0.717, 1.165) is 0 Å². The van der Waals surface area contributed by atoms with Crippen LogP contribution in [0, 0.1) is 5.92 Å². The first-order valence-corrected chi connectivity index (χ1v) is 4.67. The molecule has 1 rings (SSSR count). The van der Waals surface area contributed by atoms with Crippen molar-refractivity contribution in [1.82, 2.24) is 4.84 Å². The normalized spacial score (nSPS) is 27.0. The molecule has 0 radical (unpaired) electrons. The Labute approximate surface area is 76.6 Å². The molecule has 1 aliphatic rings. The van der Waals surface area contributed by atoms with Crippen LogP contribution in [0.3, 0.4) is 0 Å². The average molecular weight is 198 g/mol. The van der Waals surface area contributed by atoms with Crippen LogP contribution < -0.4 is 4.84 Å². The van der Waals surface area contributed by atoms with Gasteiger partial charge in [0.15, 0.2) is 0 Å². The molecule has 0 bridgehead atoms. The molecular formula is C8H14ClF2N. The number of halogens is 3. The van der Waals surface area contributed by atoms with Gasteiger partial charge in [-0.25, -0.2) is 13.6 Å². The van der Waals surface area contributed by atoms with E-state index in [2.05, 4.69) is 4.84 Å². The van der Waals surface area contributed by atoms with Crippen molar-refractivity contribution in [2.24, 2.45) is 5.92 Å². The molecule has 4 heteroatoms. The van der Waals surface area contributed by atoms with Gasteiger partial charge in [-0.2, -0.15) is 0 Å². The van der Waals surface area contributed by atoms with E-state index < -0.39 is 5.92 Å². The lowest BCUT2D eigenvalue weighted by molar-refractivity contribution is -0.0481. The minimum atomic E-state index is -2.43. The topological polar surface area (TPSA) is 12.0 Å². The summed E-state index contributed by atoms with van der Waals surface area (Å²) in [6.07, 6.45) is 1.18. The summed E-state index contributed by atoms with van der Waals surface area (Å²) in [5.74, 6) is -2.12. The Hall–Kier alpha value is 0.110. The second kappa shape index (κ2) is 3.88. The molecule has 0 aromatic heterocycles. The van der Waals surface area contributed by atoms with Crippen molar-refractivity contribution in [3.63, 3.8) is 0 Å². The van der Waals surface area contributed by atoms with Gasteiger partial charge in [-0.3, -0.25) is 0 Å². The zero-order chi connectivity index (χ0) is 9.19. The van der Waals surface area contributed by atoms with Gasteiger partial charge in [0.2, 0.25) is 5.92 Å². The Morgan fingerprint density at radius 2 is 1.92 bits per heavy atom. The molecule has 0 aromatic carbocycles. The summed E-state index contributed by atoms with van der Waals surface area (Å²) in [6, 6.07) is 0.141. The minimum absolute atomic E-state index is 0.0145. The van der Waals surface area contributed by atoms with Crippen LogP contribution in [0.2, 0.25) is 0 Å². The first-order chi connectivity index (χ1) is 5.55. The third-order valence-corrected chi connectivity index (χ3v) is 2.99. The number of rotatable bonds is 2. The first kappa shape index (κ1) is 10.2. The van der Waals surface area contributed by atoms with E-state index in [0.29, 0.717) is 18.8 Å². The zero-order valence-corrected chi connectivity index (χ0v) is 7.87. The molecule has 0 aromatic rings. The average Bonchev–Trinajstić information content (AvgIpc) is 2.03. The molecule has 1 nitrogen and oxygen atoms in total. The number of hydrogen-bond donors (Lipinski definition) is 1. The van der Waals surface area contributed by atoms with Crippen LogP contribution in [0.5, 0.6) is 0 Å². The highest BCUT2D eigenvalue weighted by Gasteiger charge is 2.36. The Balaban J connectivity index is 2.36. The lowest BCUT2D eigenvalue weighted by Crippen LogP contribution is -2.34. The Kier molecular flexibility index (Phi) is 3.29. The molecule has 1 N–H and O–H groups in total. The highest BCUT2D eigenvalue weighted by atomic mass is 35.5. The SMILES string of the molecule is C[C@H](NCl)C1CCC(F)(F)CC1. The van der Waals surface area contributed by atoms with Gasteiger partial charge in [0.1, 0.15) is 0 Å². The van der Waals surface area contributed by atoms with Gasteiger partial charge in [0, 0.05) is 18.9 Å². The fourth-order valence-corrected chi connectivity index (χ4v) is 1.83. The van der Waals surface area contributed by atoms with Crippen LogP contribution in [0.15, 0.2) is 0 Å². The maximum Gasteiger partial charge on any atom is 0.248 e. The predicted molar refractivity (Wildman–Crippen MR) is 45.4 cm³/mol. The zero-order valence-electron chi connectivity index (χ0n) is 7.12. The van der Waals surface area contributed by atoms with Gasteiger partial charge in [0.05, 0.1) is 0 Å². The van der Waals surface area contributed by atoms with Gasteiger partial charge in [-0.15, -0.1) is 0 Å². The summed E-state index contributed by atoms with van der Waals surface area (Å²) in [4.78, 5) is 2.59. The number of alkyl halides is 2. The van der Waals surface area contributed by atoms with Crippen molar-refractivity contribution >= 4 is 11.8 Å². The van der Waals surface area contributed by atoms with Crippen LogP contribution in [-0.4, -0.2) is 12.0 Å². The third kappa shape index (κ3) is 2.56. The first-order valence-electron chi connectivity index (χ1n) is 4.29. The van der Waals surface area contributed by atoms with Crippen LogP contribution >= 0.6 is 11.8 Å². The predicted octanol–water partition coefficient (Wildman–Crippen LogP) is 2.94. The van der Waals surface area contributed by atoms with Crippen molar-refractivity contribution in [2.45, 2.75) is 44.6 Å². The van der Waals surface area contributed by atoms with Crippen molar-refractivity contribution in [3.05, 3.63) is 0 Å². The van der Waals surface area contributed by atoms with Gasteiger partial charge in [-0.1, -0.05) is 0 Å². The smallest absolute Gasteiger partial charge is 0.230 e. The molecular weight excluding hydrogens is 184 g/mol. The Morgan fingerprint density at radius 1 is 1.42 bits per heavy atom. The van der Waals surface area contributed by atoms with Gasteiger partial charge < -0.3 is 0 Å². The molecule has 72 valence electrons. The number of nitrogens with one attached hydrogen (secondary N) is 1. The highest BCUT2D eigenvalue weighted by Crippen LogP contribution is 2.37. The maximum absolute atomic E-state index is 12.7. The molecule has 0 aliphatic heterocycles. The van der Waals surface area contributed by atoms with E-state index in [1.54, 1.807) is 0 Å². The van der Waals surface area contributed by atoms with E-state index in [1.165, 1.54) is 0 Å². The molecule has 1 fully saturated rings. The molecule has 0 unspecified atom stereocenters. The quantitative estimate of drug-likeness (QED) is 0.672. The molecule has 0 amide bonds. The van der Waals surface area contributed by atoms with Crippen molar-refractivity contribution in [1.29, 1.82) is 0 Å². The summed E-state index contributed by atoms with van der Waals surface area (Å²) in [7, 11) is 0. The molecule has 0 spiro atoms. The molecule has 1 atom stereocenters. The van der Waals surface area contributed by atoms with E-state index in [9.17, 15) is 8.78 Å². The van der Waals surface area contributed by atoms with Crippen LogP contribution in [0.4, 0.5) is 8.78 Å². The summed E-state index contributed by atoms with van der Waals surface area (Å²) < 4.78 is 25.4. The summed E-state index contributed by atoms with van der Waals surface area (Å²) >= 11 is 5.42. The monoisotopic (exact) mass is 197 g/mol. The molecule has 1 saturated carbocycles. The van der Waals surface area contributed by atoms with Gasteiger partial charge in [-0.05, 0) is 37.5 Å². The minimum Gasteiger partial charge on any atom is -0.230 e. The molecule has 0 heterocycles. The Bertz CT molecular complexity index is 142. The summed E-state index contributed by atoms with van der Waals surface area (Å²) in [6.45, 7) is 1.93. The van der Waals surface area contributed by atoms with Crippen molar-refractivity contribution in [3.8, 4) is 0 Å². The van der Waals surface area contributed by atoms with E-state index in [4.69, 9.17) is 11.8 Å². The lowest BCUT2D eigenvalue weighted by Gasteiger charge is -2.31. The summed E-state index contributed by atoms with van der Waals surface area (Å²) in [5, 5.41) is 0. The van der Waals surface area contributed by atoms with Crippen LogP contribution in [0.1, 0.15) is 32.6 Å². The second-order valence-corrected chi connectivity index (χ2v) is 3.81. The van der Waals surface area contributed by atoms with Crippen molar-refractivity contribution in [2.75, 3.05) is 0 Å². The second-order valence-electron chi connectivity index (χ2n) is 3.59. The number of hydrogen-bond acceptors (Lipinski definition) is 1. The largest absolute Gasteiger partial charge is 0.248 e. The Morgan fingerprint density at radius 3 is 2.33 bits per heavy atom. The summed E-state index contributed by atoms with van der Waals surface area (Å²) in [5.41, 5.74) is 0. The lowest BCUT2D eigenvalue weighted by atomic mass is 9.83. The third-order valence-electron chi connectivity index (χ3n) is 2.64.